The average Bonchev–Trinajstić information content (AvgIpc) is 3.25. The molecule has 0 bridgehead atoms. The second-order valence-corrected chi connectivity index (χ2v) is 9.70. The first kappa shape index (κ1) is 20.1. The molecule has 0 atom stereocenters. The summed E-state index contributed by atoms with van der Waals surface area (Å²) in [7, 11) is 0. The van der Waals surface area contributed by atoms with Gasteiger partial charge in [-0.3, -0.25) is 5.43 Å². The Labute approximate surface area is 170 Å². The number of hydrazone groups is 1. The Morgan fingerprint density at radius 3 is 2.29 bits per heavy atom. The SMILES string of the molecule is CC(C)(C)c1cc(-c2csc(N/N=C/c3ccco3)n2)cc(C(C)(C)C)c1O. The van der Waals surface area contributed by atoms with E-state index < -0.39 is 0 Å². The third-order valence-electron chi connectivity index (χ3n) is 4.42. The van der Waals surface area contributed by atoms with E-state index in [1.807, 2.05) is 29.6 Å². The molecule has 0 unspecified atom stereocenters. The molecule has 1 aromatic carbocycles. The van der Waals surface area contributed by atoms with Gasteiger partial charge < -0.3 is 9.52 Å². The molecule has 6 heteroatoms. The molecule has 2 heterocycles. The Balaban J connectivity index is 1.94. The molecule has 28 heavy (non-hydrogen) atoms. The molecule has 0 spiro atoms. The van der Waals surface area contributed by atoms with Crippen molar-refractivity contribution in [3.63, 3.8) is 0 Å². The number of benzene rings is 1. The number of hydrogen-bond donors (Lipinski definition) is 2. The highest BCUT2D eigenvalue weighted by atomic mass is 32.1. The van der Waals surface area contributed by atoms with Crippen molar-refractivity contribution < 1.29 is 9.52 Å². The number of aromatic hydroxyl groups is 1. The summed E-state index contributed by atoms with van der Waals surface area (Å²) in [6.07, 6.45) is 3.21. The average molecular weight is 398 g/mol. The number of anilines is 1. The van der Waals surface area contributed by atoms with Crippen LogP contribution in [0.4, 0.5) is 5.13 Å². The van der Waals surface area contributed by atoms with Crippen molar-refractivity contribution in [2.75, 3.05) is 5.43 Å². The van der Waals surface area contributed by atoms with Gasteiger partial charge in [-0.15, -0.1) is 11.3 Å². The maximum atomic E-state index is 10.9. The standard InChI is InChI=1S/C22H27N3O2S/c1-21(2,3)16-10-14(11-17(19(16)26)22(4,5)6)18-13-28-20(24-18)25-23-12-15-8-7-9-27-15/h7-13,26H,1-6H3,(H,24,25)/b23-12+. The quantitative estimate of drug-likeness (QED) is 0.409. The molecule has 0 saturated heterocycles. The molecule has 2 N–H and O–H groups in total. The summed E-state index contributed by atoms with van der Waals surface area (Å²) in [5.41, 5.74) is 6.29. The zero-order valence-electron chi connectivity index (χ0n) is 17.2. The van der Waals surface area contributed by atoms with E-state index in [9.17, 15) is 5.11 Å². The summed E-state index contributed by atoms with van der Waals surface area (Å²) in [6.45, 7) is 12.6. The number of phenolic OH excluding ortho intramolecular Hbond substituents is 1. The van der Waals surface area contributed by atoms with Crippen LogP contribution in [0.25, 0.3) is 11.3 Å². The Kier molecular flexibility index (Phi) is 5.35. The van der Waals surface area contributed by atoms with E-state index in [1.165, 1.54) is 11.3 Å². The fourth-order valence-corrected chi connectivity index (χ4v) is 3.57. The smallest absolute Gasteiger partial charge is 0.203 e. The highest BCUT2D eigenvalue weighted by Crippen LogP contribution is 2.42. The Morgan fingerprint density at radius 2 is 1.75 bits per heavy atom. The van der Waals surface area contributed by atoms with Crippen LogP contribution in [0.15, 0.2) is 45.4 Å². The highest BCUT2D eigenvalue weighted by Gasteiger charge is 2.27. The van der Waals surface area contributed by atoms with Crippen LogP contribution in [0.5, 0.6) is 5.75 Å². The summed E-state index contributed by atoms with van der Waals surface area (Å²) in [5, 5.41) is 17.7. The van der Waals surface area contributed by atoms with Crippen LogP contribution in [0.1, 0.15) is 58.4 Å². The van der Waals surface area contributed by atoms with Crippen LogP contribution in [0.3, 0.4) is 0 Å². The lowest BCUT2D eigenvalue weighted by molar-refractivity contribution is 0.423. The number of thiazole rings is 1. The minimum absolute atomic E-state index is 0.176. The Bertz CT molecular complexity index is 939. The summed E-state index contributed by atoms with van der Waals surface area (Å²) in [5.74, 6) is 1.05. The van der Waals surface area contributed by atoms with Gasteiger partial charge in [0.15, 0.2) is 0 Å². The predicted octanol–water partition coefficient (Wildman–Crippen LogP) is 6.15. The van der Waals surface area contributed by atoms with Crippen molar-refractivity contribution in [1.29, 1.82) is 0 Å². The Morgan fingerprint density at radius 1 is 1.11 bits per heavy atom. The van der Waals surface area contributed by atoms with Gasteiger partial charge >= 0.3 is 0 Å². The maximum absolute atomic E-state index is 10.9. The van der Waals surface area contributed by atoms with E-state index in [0.717, 1.165) is 22.4 Å². The van der Waals surface area contributed by atoms with Gasteiger partial charge in [0.2, 0.25) is 5.13 Å². The van der Waals surface area contributed by atoms with Gasteiger partial charge in [-0.05, 0) is 35.1 Å². The number of aromatic nitrogens is 1. The number of rotatable bonds is 4. The second-order valence-electron chi connectivity index (χ2n) is 8.84. The number of phenols is 1. The highest BCUT2D eigenvalue weighted by molar-refractivity contribution is 7.14. The first-order chi connectivity index (χ1) is 13.1. The summed E-state index contributed by atoms with van der Waals surface area (Å²) >= 11 is 1.48. The molecule has 3 rings (SSSR count). The van der Waals surface area contributed by atoms with Crippen molar-refractivity contribution in [2.24, 2.45) is 5.10 Å². The van der Waals surface area contributed by atoms with Crippen LogP contribution in [0.2, 0.25) is 0 Å². The van der Waals surface area contributed by atoms with Gasteiger partial charge in [0.05, 0.1) is 18.2 Å². The van der Waals surface area contributed by atoms with Crippen LogP contribution in [0, 0.1) is 0 Å². The number of nitrogens with one attached hydrogen (secondary N) is 1. The molecule has 5 nitrogen and oxygen atoms in total. The lowest BCUT2D eigenvalue weighted by Crippen LogP contribution is -2.17. The van der Waals surface area contributed by atoms with E-state index in [4.69, 9.17) is 4.42 Å². The molecule has 0 aliphatic rings. The van der Waals surface area contributed by atoms with E-state index in [1.54, 1.807) is 12.5 Å². The van der Waals surface area contributed by atoms with Crippen LogP contribution in [-0.4, -0.2) is 16.3 Å². The summed E-state index contributed by atoms with van der Waals surface area (Å²) in [6, 6.07) is 7.72. The number of nitrogens with zero attached hydrogens (tertiary/aromatic N) is 2. The lowest BCUT2D eigenvalue weighted by Gasteiger charge is -2.28. The zero-order valence-corrected chi connectivity index (χ0v) is 18.0. The molecule has 2 aromatic heterocycles. The molecular formula is C22H27N3O2S. The number of furan rings is 1. The van der Waals surface area contributed by atoms with Crippen molar-refractivity contribution in [3.05, 3.63) is 52.8 Å². The Hall–Kier alpha value is -2.60. The molecule has 0 fully saturated rings. The third-order valence-corrected chi connectivity index (χ3v) is 5.17. The summed E-state index contributed by atoms with van der Waals surface area (Å²) < 4.78 is 5.22. The van der Waals surface area contributed by atoms with Crippen molar-refractivity contribution in [3.8, 4) is 17.0 Å². The molecular weight excluding hydrogens is 370 g/mol. The molecule has 0 aliphatic carbocycles. The molecule has 0 amide bonds. The van der Waals surface area contributed by atoms with Crippen LogP contribution in [-0.2, 0) is 10.8 Å². The minimum Gasteiger partial charge on any atom is -0.507 e. The fourth-order valence-electron chi connectivity index (χ4n) is 2.90. The van der Waals surface area contributed by atoms with E-state index >= 15 is 0 Å². The van der Waals surface area contributed by atoms with Crippen LogP contribution >= 0.6 is 11.3 Å². The van der Waals surface area contributed by atoms with Crippen molar-refractivity contribution in [1.82, 2.24) is 4.98 Å². The van der Waals surface area contributed by atoms with E-state index in [2.05, 4.69) is 57.1 Å². The fraction of sp³-hybridized carbons (Fsp3) is 0.364. The van der Waals surface area contributed by atoms with Gasteiger partial charge in [0.1, 0.15) is 11.5 Å². The van der Waals surface area contributed by atoms with E-state index in [-0.39, 0.29) is 10.8 Å². The van der Waals surface area contributed by atoms with Crippen LogP contribution < -0.4 is 5.43 Å². The zero-order chi connectivity index (χ0) is 20.5. The third kappa shape index (κ3) is 4.44. The lowest BCUT2D eigenvalue weighted by atomic mass is 9.78. The second kappa shape index (κ2) is 7.43. The van der Waals surface area contributed by atoms with Crippen molar-refractivity contribution in [2.45, 2.75) is 52.4 Å². The van der Waals surface area contributed by atoms with E-state index in [0.29, 0.717) is 16.6 Å². The van der Waals surface area contributed by atoms with Gasteiger partial charge in [0, 0.05) is 22.1 Å². The maximum Gasteiger partial charge on any atom is 0.203 e. The predicted molar refractivity (Wildman–Crippen MR) is 117 cm³/mol. The number of hydrogen-bond acceptors (Lipinski definition) is 6. The normalized spacial score (nSPS) is 12.6. The van der Waals surface area contributed by atoms with Crippen molar-refractivity contribution >= 4 is 22.7 Å². The molecule has 0 aliphatic heterocycles. The largest absolute Gasteiger partial charge is 0.507 e. The first-order valence-corrected chi connectivity index (χ1v) is 10.1. The van der Waals surface area contributed by atoms with Gasteiger partial charge in [-0.2, -0.15) is 5.10 Å². The molecule has 0 saturated carbocycles. The summed E-state index contributed by atoms with van der Waals surface area (Å²) in [4.78, 5) is 4.66. The monoisotopic (exact) mass is 397 g/mol. The topological polar surface area (TPSA) is 70.7 Å². The van der Waals surface area contributed by atoms with Gasteiger partial charge in [-0.25, -0.2) is 4.98 Å². The van der Waals surface area contributed by atoms with Gasteiger partial charge in [0.25, 0.3) is 0 Å². The molecule has 0 radical (unpaired) electrons. The first-order valence-electron chi connectivity index (χ1n) is 9.22. The molecule has 3 aromatic rings. The van der Waals surface area contributed by atoms with Gasteiger partial charge in [-0.1, -0.05) is 41.5 Å². The molecule has 148 valence electrons. The minimum atomic E-state index is -0.176.